The van der Waals surface area contributed by atoms with E-state index in [2.05, 4.69) is 29.2 Å². The second-order valence-corrected chi connectivity index (χ2v) is 8.50. The van der Waals surface area contributed by atoms with Crippen LogP contribution in [0.15, 0.2) is 24.3 Å². The molecule has 3 heteroatoms. The Bertz CT molecular complexity index is 612. The predicted octanol–water partition coefficient (Wildman–Crippen LogP) is 3.40. The molecule has 1 saturated carbocycles. The van der Waals surface area contributed by atoms with E-state index in [1.54, 1.807) is 10.5 Å². The molecule has 1 atom stereocenters. The lowest BCUT2D eigenvalue weighted by molar-refractivity contribution is -0.129. The fourth-order valence-corrected chi connectivity index (χ4v) is 4.91. The van der Waals surface area contributed by atoms with Crippen LogP contribution in [0.2, 0.25) is 0 Å². The summed E-state index contributed by atoms with van der Waals surface area (Å²) in [5.41, 5.74) is 3.32. The minimum atomic E-state index is 0.262. The highest BCUT2D eigenvalue weighted by Gasteiger charge is 2.45. The Morgan fingerprint density at radius 2 is 1.92 bits per heavy atom. The summed E-state index contributed by atoms with van der Waals surface area (Å²) >= 11 is 0. The molecule has 2 aliphatic carbocycles. The van der Waals surface area contributed by atoms with Gasteiger partial charge in [0.2, 0.25) is 5.91 Å². The Labute approximate surface area is 146 Å². The van der Waals surface area contributed by atoms with Crippen LogP contribution < -0.4 is 0 Å². The summed E-state index contributed by atoms with van der Waals surface area (Å²) in [7, 11) is 3.74. The Morgan fingerprint density at radius 3 is 2.58 bits per heavy atom. The van der Waals surface area contributed by atoms with Crippen molar-refractivity contribution >= 4 is 5.91 Å². The van der Waals surface area contributed by atoms with E-state index >= 15 is 0 Å². The van der Waals surface area contributed by atoms with Gasteiger partial charge < -0.3 is 9.80 Å². The van der Waals surface area contributed by atoms with E-state index in [0.29, 0.717) is 17.8 Å². The van der Waals surface area contributed by atoms with Gasteiger partial charge in [-0.1, -0.05) is 24.3 Å². The van der Waals surface area contributed by atoms with Crippen LogP contribution in [-0.4, -0.2) is 49.4 Å². The zero-order valence-electron chi connectivity index (χ0n) is 15.1. The summed E-state index contributed by atoms with van der Waals surface area (Å²) in [6.45, 7) is 3.79. The minimum Gasteiger partial charge on any atom is -0.349 e. The zero-order valence-corrected chi connectivity index (χ0v) is 15.1. The Hall–Kier alpha value is -1.35. The summed E-state index contributed by atoms with van der Waals surface area (Å²) in [4.78, 5) is 16.7. The first-order valence-electron chi connectivity index (χ1n) is 9.59. The first kappa shape index (κ1) is 16.1. The van der Waals surface area contributed by atoms with Crippen LogP contribution in [-0.2, 0) is 10.2 Å². The maximum atomic E-state index is 12.3. The van der Waals surface area contributed by atoms with Crippen molar-refractivity contribution in [3.8, 4) is 0 Å². The van der Waals surface area contributed by atoms with Crippen LogP contribution in [0, 0.1) is 5.92 Å². The standard InChI is InChI=1S/C21H30N2O/c1-22(2)20(24)13-17-14-21(19-6-4-3-5-18(17)19)9-11-23(12-10-21)15-16-7-8-16/h3-6,16-17H,7-15H2,1-2H3/t17-/m1/s1. The van der Waals surface area contributed by atoms with Crippen molar-refractivity contribution in [2.45, 2.75) is 49.9 Å². The number of rotatable bonds is 4. The van der Waals surface area contributed by atoms with Crippen LogP contribution in [0.1, 0.15) is 55.6 Å². The van der Waals surface area contributed by atoms with Gasteiger partial charge in [0.15, 0.2) is 0 Å². The molecule has 0 aromatic heterocycles. The number of benzene rings is 1. The summed E-state index contributed by atoms with van der Waals surface area (Å²) in [5, 5.41) is 0. The van der Waals surface area contributed by atoms with Gasteiger partial charge in [-0.05, 0) is 73.6 Å². The fourth-order valence-electron chi connectivity index (χ4n) is 4.91. The van der Waals surface area contributed by atoms with E-state index in [9.17, 15) is 4.79 Å². The monoisotopic (exact) mass is 326 g/mol. The molecule has 0 radical (unpaired) electrons. The SMILES string of the molecule is CN(C)C(=O)C[C@@H]1CC2(CCN(CC3CC3)CC2)c2ccccc21. The molecule has 3 aliphatic rings. The normalized spacial score (nSPS) is 25.7. The lowest BCUT2D eigenvalue weighted by atomic mass is 9.73. The first-order valence-corrected chi connectivity index (χ1v) is 9.59. The maximum absolute atomic E-state index is 12.3. The van der Waals surface area contributed by atoms with E-state index in [0.717, 1.165) is 5.92 Å². The summed E-state index contributed by atoms with van der Waals surface area (Å²) in [5.74, 6) is 1.66. The number of amides is 1. The Balaban J connectivity index is 1.51. The summed E-state index contributed by atoms with van der Waals surface area (Å²) in [6, 6.07) is 8.95. The van der Waals surface area contributed by atoms with Crippen molar-refractivity contribution in [3.05, 3.63) is 35.4 Å². The molecule has 0 N–H and O–H groups in total. The highest BCUT2D eigenvalue weighted by molar-refractivity contribution is 5.77. The average Bonchev–Trinajstić information content (AvgIpc) is 3.35. The topological polar surface area (TPSA) is 23.6 Å². The number of carbonyl (C=O) groups is 1. The third-order valence-corrected chi connectivity index (χ3v) is 6.56. The second kappa shape index (κ2) is 6.18. The average molecular weight is 326 g/mol. The Kier molecular flexibility index (Phi) is 4.16. The van der Waals surface area contributed by atoms with Gasteiger partial charge in [-0.25, -0.2) is 0 Å². The maximum Gasteiger partial charge on any atom is 0.222 e. The molecular weight excluding hydrogens is 296 g/mol. The number of fused-ring (bicyclic) bond motifs is 2. The number of hydrogen-bond donors (Lipinski definition) is 0. The van der Waals surface area contributed by atoms with Gasteiger partial charge in [0, 0.05) is 27.1 Å². The van der Waals surface area contributed by atoms with Gasteiger partial charge >= 0.3 is 0 Å². The molecule has 0 unspecified atom stereocenters. The van der Waals surface area contributed by atoms with E-state index in [-0.39, 0.29) is 5.91 Å². The van der Waals surface area contributed by atoms with Crippen molar-refractivity contribution in [1.82, 2.24) is 9.80 Å². The molecule has 1 aromatic rings. The smallest absolute Gasteiger partial charge is 0.222 e. The molecule has 1 spiro atoms. The van der Waals surface area contributed by atoms with Gasteiger partial charge in [-0.15, -0.1) is 0 Å². The summed E-state index contributed by atoms with van der Waals surface area (Å²) in [6.07, 6.45) is 7.26. The molecule has 1 aliphatic heterocycles. The van der Waals surface area contributed by atoms with Crippen molar-refractivity contribution in [2.24, 2.45) is 5.92 Å². The van der Waals surface area contributed by atoms with E-state index in [4.69, 9.17) is 0 Å². The number of carbonyl (C=O) groups excluding carboxylic acids is 1. The fraction of sp³-hybridized carbons (Fsp3) is 0.667. The first-order chi connectivity index (χ1) is 11.6. The van der Waals surface area contributed by atoms with E-state index < -0.39 is 0 Å². The van der Waals surface area contributed by atoms with E-state index in [1.165, 1.54) is 57.3 Å². The lowest BCUT2D eigenvalue weighted by Gasteiger charge is -2.40. The van der Waals surface area contributed by atoms with Crippen molar-refractivity contribution < 1.29 is 4.79 Å². The molecule has 1 amide bonds. The van der Waals surface area contributed by atoms with Crippen molar-refractivity contribution in [1.29, 1.82) is 0 Å². The highest BCUT2D eigenvalue weighted by atomic mass is 16.2. The third kappa shape index (κ3) is 2.99. The molecular formula is C21H30N2O. The molecule has 24 heavy (non-hydrogen) atoms. The van der Waals surface area contributed by atoms with Crippen LogP contribution in [0.4, 0.5) is 0 Å². The Morgan fingerprint density at radius 1 is 1.21 bits per heavy atom. The number of nitrogens with zero attached hydrogens (tertiary/aromatic N) is 2. The predicted molar refractivity (Wildman–Crippen MR) is 97.2 cm³/mol. The molecule has 1 aromatic carbocycles. The van der Waals surface area contributed by atoms with Crippen molar-refractivity contribution in [2.75, 3.05) is 33.7 Å². The van der Waals surface area contributed by atoms with Crippen LogP contribution in [0.3, 0.4) is 0 Å². The van der Waals surface area contributed by atoms with Crippen LogP contribution in [0.25, 0.3) is 0 Å². The molecule has 1 heterocycles. The van der Waals surface area contributed by atoms with Gasteiger partial charge in [0.05, 0.1) is 0 Å². The van der Waals surface area contributed by atoms with Gasteiger partial charge in [-0.3, -0.25) is 4.79 Å². The lowest BCUT2D eigenvalue weighted by Crippen LogP contribution is -2.42. The quantitative estimate of drug-likeness (QED) is 0.847. The summed E-state index contributed by atoms with van der Waals surface area (Å²) < 4.78 is 0. The molecule has 1 saturated heterocycles. The molecule has 130 valence electrons. The highest BCUT2D eigenvalue weighted by Crippen LogP contribution is 2.52. The van der Waals surface area contributed by atoms with Crippen LogP contribution >= 0.6 is 0 Å². The number of piperidine rings is 1. The largest absolute Gasteiger partial charge is 0.349 e. The molecule has 4 rings (SSSR count). The van der Waals surface area contributed by atoms with Crippen molar-refractivity contribution in [3.63, 3.8) is 0 Å². The van der Waals surface area contributed by atoms with Gasteiger partial charge in [-0.2, -0.15) is 0 Å². The second-order valence-electron chi connectivity index (χ2n) is 8.50. The van der Waals surface area contributed by atoms with Gasteiger partial charge in [0.1, 0.15) is 0 Å². The number of hydrogen-bond acceptors (Lipinski definition) is 2. The minimum absolute atomic E-state index is 0.262. The number of likely N-dealkylation sites (tertiary alicyclic amines) is 1. The third-order valence-electron chi connectivity index (χ3n) is 6.56. The van der Waals surface area contributed by atoms with Gasteiger partial charge in [0.25, 0.3) is 0 Å². The molecule has 2 fully saturated rings. The molecule has 0 bridgehead atoms. The van der Waals surface area contributed by atoms with Crippen LogP contribution in [0.5, 0.6) is 0 Å². The molecule has 3 nitrogen and oxygen atoms in total. The van der Waals surface area contributed by atoms with E-state index in [1.807, 2.05) is 14.1 Å². The zero-order chi connectivity index (χ0) is 16.7.